The molecule has 1 aliphatic carbocycles. The van der Waals surface area contributed by atoms with Crippen LogP contribution in [0.1, 0.15) is 39.0 Å². The van der Waals surface area contributed by atoms with Crippen LogP contribution < -0.4 is 10.6 Å². The molecule has 1 heterocycles. The van der Waals surface area contributed by atoms with Crippen LogP contribution in [-0.2, 0) is 0 Å². The standard InChI is InChI=1S/C14H23BrN4O/c1-2-6-16-13-12(15)14(19-9-18-13)17-8-10-4-3-5-11(20)7-10/h9-11,20H,2-8H2,1H3,(H2,16,17,18,19). The molecular formula is C14H23BrN4O. The third-order valence-electron chi connectivity index (χ3n) is 3.65. The molecule has 1 aromatic heterocycles. The fraction of sp³-hybridized carbons (Fsp3) is 0.714. The van der Waals surface area contributed by atoms with Gasteiger partial charge in [-0.15, -0.1) is 0 Å². The number of aliphatic hydroxyl groups is 1. The smallest absolute Gasteiger partial charge is 0.145 e. The molecule has 0 radical (unpaired) electrons. The van der Waals surface area contributed by atoms with Crippen molar-refractivity contribution in [2.75, 3.05) is 23.7 Å². The average molecular weight is 343 g/mol. The zero-order chi connectivity index (χ0) is 14.4. The molecule has 2 unspecified atom stereocenters. The van der Waals surface area contributed by atoms with Gasteiger partial charge in [-0.2, -0.15) is 0 Å². The van der Waals surface area contributed by atoms with Gasteiger partial charge in [0, 0.05) is 13.1 Å². The lowest BCUT2D eigenvalue weighted by molar-refractivity contribution is 0.104. The molecule has 1 saturated carbocycles. The number of hydrogen-bond donors (Lipinski definition) is 3. The van der Waals surface area contributed by atoms with Crippen molar-refractivity contribution in [1.29, 1.82) is 0 Å². The van der Waals surface area contributed by atoms with E-state index in [-0.39, 0.29) is 6.10 Å². The summed E-state index contributed by atoms with van der Waals surface area (Å²) in [5.74, 6) is 2.17. The van der Waals surface area contributed by atoms with E-state index < -0.39 is 0 Å². The van der Waals surface area contributed by atoms with Crippen LogP contribution in [0, 0.1) is 5.92 Å². The molecule has 1 fully saturated rings. The molecule has 0 aliphatic heterocycles. The summed E-state index contributed by atoms with van der Waals surface area (Å²) in [7, 11) is 0. The van der Waals surface area contributed by atoms with Crippen LogP contribution in [0.2, 0.25) is 0 Å². The van der Waals surface area contributed by atoms with E-state index in [2.05, 4.69) is 43.5 Å². The number of halogens is 1. The van der Waals surface area contributed by atoms with Crippen LogP contribution in [0.15, 0.2) is 10.8 Å². The van der Waals surface area contributed by atoms with Crippen LogP contribution in [0.5, 0.6) is 0 Å². The maximum atomic E-state index is 9.70. The summed E-state index contributed by atoms with van der Waals surface area (Å²) in [6.07, 6.45) is 6.61. The van der Waals surface area contributed by atoms with Gasteiger partial charge >= 0.3 is 0 Å². The van der Waals surface area contributed by atoms with E-state index >= 15 is 0 Å². The lowest BCUT2D eigenvalue weighted by Gasteiger charge is -2.26. The second-order valence-electron chi connectivity index (χ2n) is 5.38. The number of aromatic nitrogens is 2. The lowest BCUT2D eigenvalue weighted by atomic mass is 9.87. The third-order valence-corrected chi connectivity index (χ3v) is 4.40. The predicted octanol–water partition coefficient (Wildman–Crippen LogP) is 3.02. The Hall–Kier alpha value is -0.880. The normalized spacial score (nSPS) is 22.6. The number of hydrogen-bond acceptors (Lipinski definition) is 5. The van der Waals surface area contributed by atoms with Crippen molar-refractivity contribution in [1.82, 2.24) is 9.97 Å². The molecule has 112 valence electrons. The molecule has 0 saturated heterocycles. The van der Waals surface area contributed by atoms with Crippen molar-refractivity contribution in [2.45, 2.75) is 45.1 Å². The van der Waals surface area contributed by atoms with E-state index in [0.717, 1.165) is 54.9 Å². The quantitative estimate of drug-likeness (QED) is 0.741. The second kappa shape index (κ2) is 7.78. The van der Waals surface area contributed by atoms with Crippen LogP contribution in [0.25, 0.3) is 0 Å². The summed E-state index contributed by atoms with van der Waals surface area (Å²) in [6, 6.07) is 0. The van der Waals surface area contributed by atoms with E-state index in [0.29, 0.717) is 5.92 Å². The van der Waals surface area contributed by atoms with Gasteiger partial charge in [0.05, 0.1) is 6.10 Å². The number of nitrogens with zero attached hydrogens (tertiary/aromatic N) is 2. The van der Waals surface area contributed by atoms with Crippen molar-refractivity contribution in [3.05, 3.63) is 10.8 Å². The molecule has 0 bridgehead atoms. The van der Waals surface area contributed by atoms with Gasteiger partial charge in [0.25, 0.3) is 0 Å². The fourth-order valence-electron chi connectivity index (χ4n) is 2.55. The maximum Gasteiger partial charge on any atom is 0.145 e. The molecule has 0 aromatic carbocycles. The molecule has 1 aromatic rings. The summed E-state index contributed by atoms with van der Waals surface area (Å²) < 4.78 is 0.879. The second-order valence-corrected chi connectivity index (χ2v) is 6.17. The van der Waals surface area contributed by atoms with Crippen molar-refractivity contribution in [3.8, 4) is 0 Å². The monoisotopic (exact) mass is 342 g/mol. The Morgan fingerprint density at radius 1 is 1.30 bits per heavy atom. The van der Waals surface area contributed by atoms with E-state index in [4.69, 9.17) is 0 Å². The van der Waals surface area contributed by atoms with Crippen molar-refractivity contribution in [3.63, 3.8) is 0 Å². The van der Waals surface area contributed by atoms with Crippen LogP contribution in [0.4, 0.5) is 11.6 Å². The molecule has 3 N–H and O–H groups in total. The Morgan fingerprint density at radius 2 is 2.05 bits per heavy atom. The van der Waals surface area contributed by atoms with E-state index in [1.54, 1.807) is 6.33 Å². The van der Waals surface area contributed by atoms with Crippen molar-refractivity contribution in [2.24, 2.45) is 5.92 Å². The Morgan fingerprint density at radius 3 is 2.75 bits per heavy atom. The molecule has 0 spiro atoms. The summed E-state index contributed by atoms with van der Waals surface area (Å²) >= 11 is 3.55. The first-order chi connectivity index (χ1) is 9.70. The molecule has 2 rings (SSSR count). The van der Waals surface area contributed by atoms with Crippen molar-refractivity contribution >= 4 is 27.6 Å². The molecule has 20 heavy (non-hydrogen) atoms. The van der Waals surface area contributed by atoms with Gasteiger partial charge in [0.15, 0.2) is 0 Å². The first kappa shape index (κ1) is 15.5. The Kier molecular flexibility index (Phi) is 6.04. The average Bonchev–Trinajstić information content (AvgIpc) is 2.45. The van der Waals surface area contributed by atoms with Gasteiger partial charge in [-0.3, -0.25) is 0 Å². The minimum Gasteiger partial charge on any atom is -0.393 e. The largest absolute Gasteiger partial charge is 0.393 e. The van der Waals surface area contributed by atoms with Gasteiger partial charge in [-0.05, 0) is 47.5 Å². The summed E-state index contributed by atoms with van der Waals surface area (Å²) in [5, 5.41) is 16.3. The van der Waals surface area contributed by atoms with Gasteiger partial charge in [-0.1, -0.05) is 13.3 Å². The molecule has 1 aliphatic rings. The van der Waals surface area contributed by atoms with Crippen molar-refractivity contribution < 1.29 is 5.11 Å². The van der Waals surface area contributed by atoms with Crippen LogP contribution in [-0.4, -0.2) is 34.3 Å². The van der Waals surface area contributed by atoms with Gasteiger partial charge in [0.1, 0.15) is 22.4 Å². The lowest BCUT2D eigenvalue weighted by Crippen LogP contribution is -2.25. The van der Waals surface area contributed by atoms with Crippen LogP contribution >= 0.6 is 15.9 Å². The topological polar surface area (TPSA) is 70.1 Å². The van der Waals surface area contributed by atoms with Gasteiger partial charge in [-0.25, -0.2) is 9.97 Å². The highest BCUT2D eigenvalue weighted by atomic mass is 79.9. The maximum absolute atomic E-state index is 9.70. The first-order valence-electron chi connectivity index (χ1n) is 7.37. The number of rotatable bonds is 6. The van der Waals surface area contributed by atoms with Crippen LogP contribution in [0.3, 0.4) is 0 Å². The highest BCUT2D eigenvalue weighted by Gasteiger charge is 2.20. The number of nitrogens with one attached hydrogen (secondary N) is 2. The Balaban J connectivity index is 1.91. The van der Waals surface area contributed by atoms with Gasteiger partial charge < -0.3 is 15.7 Å². The SMILES string of the molecule is CCCNc1ncnc(NCC2CCCC(O)C2)c1Br. The third kappa shape index (κ3) is 4.31. The zero-order valence-corrected chi connectivity index (χ0v) is 13.5. The molecule has 2 atom stereocenters. The summed E-state index contributed by atoms with van der Waals surface area (Å²) in [6.45, 7) is 3.86. The van der Waals surface area contributed by atoms with Gasteiger partial charge in [0.2, 0.25) is 0 Å². The van der Waals surface area contributed by atoms with E-state index in [1.165, 1.54) is 6.42 Å². The predicted molar refractivity (Wildman–Crippen MR) is 85.0 cm³/mol. The first-order valence-corrected chi connectivity index (χ1v) is 8.16. The molecule has 0 amide bonds. The number of aliphatic hydroxyl groups excluding tert-OH is 1. The van der Waals surface area contributed by atoms with E-state index in [9.17, 15) is 5.11 Å². The summed E-state index contributed by atoms with van der Waals surface area (Å²) in [5.41, 5.74) is 0. The highest BCUT2D eigenvalue weighted by molar-refractivity contribution is 9.10. The minimum absolute atomic E-state index is 0.133. The van der Waals surface area contributed by atoms with E-state index in [1.807, 2.05) is 0 Å². The molecular weight excluding hydrogens is 320 g/mol. The minimum atomic E-state index is -0.133. The summed E-state index contributed by atoms with van der Waals surface area (Å²) in [4.78, 5) is 8.51. The zero-order valence-electron chi connectivity index (χ0n) is 11.9. The Bertz CT molecular complexity index is 430. The molecule has 6 heteroatoms. The molecule has 5 nitrogen and oxygen atoms in total. The number of anilines is 2. The Labute approximate surface area is 128 Å². The fourth-order valence-corrected chi connectivity index (χ4v) is 3.03. The highest BCUT2D eigenvalue weighted by Crippen LogP contribution is 2.28.